The van der Waals surface area contributed by atoms with Crippen molar-refractivity contribution in [2.24, 2.45) is 5.41 Å². The fourth-order valence-electron chi connectivity index (χ4n) is 3.19. The van der Waals surface area contributed by atoms with Gasteiger partial charge in [0.25, 0.3) is 0 Å². The van der Waals surface area contributed by atoms with Crippen molar-refractivity contribution in [1.29, 1.82) is 0 Å². The first-order valence-corrected chi connectivity index (χ1v) is 7.71. The van der Waals surface area contributed by atoms with Crippen molar-refractivity contribution in [3.05, 3.63) is 0 Å². The van der Waals surface area contributed by atoms with E-state index in [2.05, 4.69) is 10.6 Å². The van der Waals surface area contributed by atoms with Crippen molar-refractivity contribution in [3.8, 4) is 0 Å². The smallest absolute Gasteiger partial charge is 0.391 e. The second-order valence-electron chi connectivity index (χ2n) is 6.76. The first-order valence-electron chi connectivity index (χ1n) is 7.71. The predicted molar refractivity (Wildman–Crippen MR) is 73.0 cm³/mol. The van der Waals surface area contributed by atoms with Crippen LogP contribution in [-0.2, 0) is 9.59 Å². The zero-order chi connectivity index (χ0) is 17.0. The lowest BCUT2D eigenvalue weighted by Crippen LogP contribution is -2.55. The zero-order valence-corrected chi connectivity index (χ0v) is 12.7. The molecule has 0 aromatic heterocycles. The number of nitrogens with one attached hydrogen (secondary N) is 2. The summed E-state index contributed by atoms with van der Waals surface area (Å²) in [5, 5.41) is 15.4. The molecule has 0 radical (unpaired) electrons. The summed E-state index contributed by atoms with van der Waals surface area (Å²) in [5.41, 5.74) is -2.89. The summed E-state index contributed by atoms with van der Waals surface area (Å²) < 4.78 is 39.4. The standard InChI is InChI=1S/C14H20F3N3O3/c1-18-13(4-5-13)19-10(22)9-6-8(21)7-20(9)11(23)12(2-3-12)14(15,16)17/h8-9,18,21H,2-7H2,1H3,(H,19,22)/t8-,9-/m0/s1. The maximum atomic E-state index is 13.1. The molecule has 6 nitrogen and oxygen atoms in total. The fourth-order valence-corrected chi connectivity index (χ4v) is 3.19. The summed E-state index contributed by atoms with van der Waals surface area (Å²) in [6.07, 6.45) is -4.70. The van der Waals surface area contributed by atoms with Crippen molar-refractivity contribution in [2.45, 2.75) is 56.1 Å². The molecular formula is C14H20F3N3O3. The van der Waals surface area contributed by atoms with E-state index in [-0.39, 0.29) is 25.8 Å². The minimum absolute atomic E-state index is 0.0364. The van der Waals surface area contributed by atoms with Crippen molar-refractivity contribution in [3.63, 3.8) is 0 Å². The molecule has 1 saturated heterocycles. The van der Waals surface area contributed by atoms with Gasteiger partial charge in [-0.25, -0.2) is 0 Å². The SMILES string of the molecule is CNC1(NC(=O)[C@@H]2C[C@H](O)CN2C(=O)C2(C(F)(F)F)CC2)CC1. The summed E-state index contributed by atoms with van der Waals surface area (Å²) in [7, 11) is 1.68. The summed E-state index contributed by atoms with van der Waals surface area (Å²) in [6, 6.07) is -1.05. The lowest BCUT2D eigenvalue weighted by Gasteiger charge is -2.30. The first-order chi connectivity index (χ1) is 10.6. The highest BCUT2D eigenvalue weighted by atomic mass is 19.4. The van der Waals surface area contributed by atoms with Crippen LogP contribution in [0.15, 0.2) is 0 Å². The van der Waals surface area contributed by atoms with Gasteiger partial charge in [0.05, 0.1) is 11.8 Å². The number of nitrogens with zero attached hydrogens (tertiary/aromatic N) is 1. The number of hydrogen-bond donors (Lipinski definition) is 3. The zero-order valence-electron chi connectivity index (χ0n) is 12.7. The number of carbonyl (C=O) groups excluding carboxylic acids is 2. The highest BCUT2D eigenvalue weighted by Gasteiger charge is 2.70. The Morgan fingerprint density at radius 3 is 2.26 bits per heavy atom. The molecular weight excluding hydrogens is 315 g/mol. The summed E-state index contributed by atoms with van der Waals surface area (Å²) in [5.74, 6) is -1.60. The third-order valence-electron chi connectivity index (χ3n) is 5.14. The van der Waals surface area contributed by atoms with Crippen LogP contribution in [-0.4, -0.2) is 59.4 Å². The molecule has 1 aliphatic heterocycles. The number of carbonyl (C=O) groups is 2. The van der Waals surface area contributed by atoms with Gasteiger partial charge in [-0.2, -0.15) is 13.2 Å². The quantitative estimate of drug-likeness (QED) is 0.637. The topological polar surface area (TPSA) is 81.7 Å². The van der Waals surface area contributed by atoms with E-state index in [1.54, 1.807) is 7.05 Å². The molecule has 130 valence electrons. The molecule has 0 unspecified atom stereocenters. The van der Waals surface area contributed by atoms with Crippen molar-refractivity contribution in [1.82, 2.24) is 15.5 Å². The van der Waals surface area contributed by atoms with Gasteiger partial charge in [0.15, 0.2) is 0 Å². The summed E-state index contributed by atoms with van der Waals surface area (Å²) in [6.45, 7) is -0.235. The molecule has 9 heteroatoms. The van der Waals surface area contributed by atoms with Crippen LogP contribution in [0.2, 0.25) is 0 Å². The van der Waals surface area contributed by atoms with Crippen LogP contribution in [0.3, 0.4) is 0 Å². The molecule has 3 fully saturated rings. The Bertz CT molecular complexity index is 529. The normalized spacial score (nSPS) is 30.9. The van der Waals surface area contributed by atoms with E-state index >= 15 is 0 Å². The van der Waals surface area contributed by atoms with Gasteiger partial charge >= 0.3 is 6.18 Å². The van der Waals surface area contributed by atoms with Gasteiger partial charge in [-0.15, -0.1) is 0 Å². The van der Waals surface area contributed by atoms with Gasteiger partial charge in [0, 0.05) is 13.0 Å². The van der Waals surface area contributed by atoms with Crippen LogP contribution in [0.5, 0.6) is 0 Å². The van der Waals surface area contributed by atoms with Gasteiger partial charge in [0.2, 0.25) is 11.8 Å². The van der Waals surface area contributed by atoms with E-state index < -0.39 is 41.2 Å². The van der Waals surface area contributed by atoms with Crippen LogP contribution in [0.25, 0.3) is 0 Å². The monoisotopic (exact) mass is 335 g/mol. The Labute approximate surface area is 131 Å². The molecule has 3 rings (SSSR count). The molecule has 2 amide bonds. The Hall–Kier alpha value is -1.35. The largest absolute Gasteiger partial charge is 0.403 e. The molecule has 2 saturated carbocycles. The molecule has 0 bridgehead atoms. The van der Waals surface area contributed by atoms with E-state index in [0.29, 0.717) is 0 Å². The number of hydrogen-bond acceptors (Lipinski definition) is 4. The minimum atomic E-state index is -4.62. The lowest BCUT2D eigenvalue weighted by molar-refractivity contribution is -0.199. The van der Waals surface area contributed by atoms with Crippen LogP contribution >= 0.6 is 0 Å². The second-order valence-corrected chi connectivity index (χ2v) is 6.76. The number of likely N-dealkylation sites (tertiary alicyclic amines) is 1. The van der Waals surface area contributed by atoms with Crippen molar-refractivity contribution < 1.29 is 27.9 Å². The van der Waals surface area contributed by atoms with E-state index in [0.717, 1.165) is 17.7 Å². The van der Waals surface area contributed by atoms with Crippen LogP contribution in [0.1, 0.15) is 32.1 Å². The fraction of sp³-hybridized carbons (Fsp3) is 0.857. The van der Waals surface area contributed by atoms with E-state index in [1.807, 2.05) is 0 Å². The van der Waals surface area contributed by atoms with Crippen LogP contribution < -0.4 is 10.6 Å². The van der Waals surface area contributed by atoms with E-state index in [1.165, 1.54) is 0 Å². The molecule has 3 N–H and O–H groups in total. The van der Waals surface area contributed by atoms with Gasteiger partial charge < -0.3 is 15.3 Å². The molecule has 23 heavy (non-hydrogen) atoms. The molecule has 3 aliphatic rings. The number of β-amino-alcohol motifs (C(OH)–C–C–N with tert-alkyl or cyclic N) is 1. The van der Waals surface area contributed by atoms with E-state index in [4.69, 9.17) is 0 Å². The molecule has 0 aromatic rings. The first kappa shape index (κ1) is 16.5. The number of aliphatic hydroxyl groups excluding tert-OH is 1. The third-order valence-corrected chi connectivity index (χ3v) is 5.14. The van der Waals surface area contributed by atoms with Crippen molar-refractivity contribution >= 4 is 11.8 Å². The Morgan fingerprint density at radius 1 is 1.22 bits per heavy atom. The van der Waals surface area contributed by atoms with Gasteiger partial charge in [-0.3, -0.25) is 14.9 Å². The average molecular weight is 335 g/mol. The van der Waals surface area contributed by atoms with Crippen LogP contribution in [0, 0.1) is 5.41 Å². The Balaban J connectivity index is 1.75. The lowest BCUT2D eigenvalue weighted by atomic mass is 10.0. The van der Waals surface area contributed by atoms with E-state index in [9.17, 15) is 27.9 Å². The minimum Gasteiger partial charge on any atom is -0.391 e. The molecule has 0 aromatic carbocycles. The number of rotatable bonds is 4. The second kappa shape index (κ2) is 5.07. The summed E-state index contributed by atoms with van der Waals surface area (Å²) in [4.78, 5) is 25.7. The molecule has 2 aliphatic carbocycles. The molecule has 1 heterocycles. The average Bonchev–Trinajstić information content (AvgIpc) is 3.36. The van der Waals surface area contributed by atoms with Gasteiger partial charge in [-0.1, -0.05) is 0 Å². The maximum Gasteiger partial charge on any atom is 0.403 e. The number of alkyl halides is 3. The summed E-state index contributed by atoms with van der Waals surface area (Å²) >= 11 is 0. The Kier molecular flexibility index (Phi) is 3.64. The van der Waals surface area contributed by atoms with Gasteiger partial charge in [-0.05, 0) is 32.7 Å². The van der Waals surface area contributed by atoms with Crippen molar-refractivity contribution in [2.75, 3.05) is 13.6 Å². The number of aliphatic hydroxyl groups is 1. The number of halogens is 3. The highest BCUT2D eigenvalue weighted by molar-refractivity contribution is 5.93. The molecule has 2 atom stereocenters. The maximum absolute atomic E-state index is 13.1. The number of amides is 2. The predicted octanol–water partition coefficient (Wildman–Crippen LogP) is 0.116. The molecule has 0 spiro atoms. The van der Waals surface area contributed by atoms with Gasteiger partial charge in [0.1, 0.15) is 11.5 Å². The Morgan fingerprint density at radius 2 is 1.83 bits per heavy atom. The third kappa shape index (κ3) is 2.69. The van der Waals surface area contributed by atoms with Crippen LogP contribution in [0.4, 0.5) is 13.2 Å². The highest BCUT2D eigenvalue weighted by Crippen LogP contribution is 2.59.